The summed E-state index contributed by atoms with van der Waals surface area (Å²) < 4.78 is 56.1. The first-order valence-corrected chi connectivity index (χ1v) is 4.60. The Morgan fingerprint density at radius 2 is 1.79 bits per heavy atom. The van der Waals surface area contributed by atoms with Crippen molar-refractivity contribution in [3.05, 3.63) is 10.7 Å². The minimum absolute atomic E-state index is 0. The van der Waals surface area contributed by atoms with Crippen molar-refractivity contribution in [2.75, 3.05) is 6.26 Å². The van der Waals surface area contributed by atoms with Gasteiger partial charge in [0.05, 0.1) is 0 Å². The number of allylic oxidation sites excluding steroid dienone is 2. The van der Waals surface area contributed by atoms with Gasteiger partial charge in [0, 0.05) is 6.26 Å². The number of sulfone groups is 1. The molecular formula is C5H5F3NNaO3S. The molecule has 0 amide bonds. The van der Waals surface area contributed by atoms with Gasteiger partial charge in [-0.15, -0.1) is 0 Å². The van der Waals surface area contributed by atoms with Gasteiger partial charge in [-0.05, 0) is 0 Å². The second kappa shape index (κ2) is 5.02. The molecule has 0 atom stereocenters. The van der Waals surface area contributed by atoms with E-state index in [0.717, 1.165) is 6.07 Å². The van der Waals surface area contributed by atoms with E-state index in [1.807, 2.05) is 0 Å². The van der Waals surface area contributed by atoms with Crippen molar-refractivity contribution in [3.8, 4) is 6.07 Å². The molecule has 0 rings (SSSR count). The Labute approximate surface area is 100 Å². The molecule has 9 heteroatoms. The van der Waals surface area contributed by atoms with Crippen LogP contribution in [0.25, 0.3) is 0 Å². The van der Waals surface area contributed by atoms with E-state index in [0.29, 0.717) is 6.26 Å². The molecule has 14 heavy (non-hydrogen) atoms. The second-order valence-corrected chi connectivity index (χ2v) is 4.01. The minimum atomic E-state index is -5.23. The Kier molecular flexibility index (Phi) is 5.81. The molecule has 0 unspecified atom stereocenters. The molecule has 76 valence electrons. The Bertz CT molecular complexity index is 378. The van der Waals surface area contributed by atoms with Crippen molar-refractivity contribution in [2.45, 2.75) is 6.18 Å². The number of nitriles is 1. The van der Waals surface area contributed by atoms with Crippen LogP contribution < -0.4 is 0 Å². The summed E-state index contributed by atoms with van der Waals surface area (Å²) in [7, 11) is -4.35. The molecule has 0 fully saturated rings. The molecule has 0 spiro atoms. The zero-order valence-electron chi connectivity index (χ0n) is 6.25. The Morgan fingerprint density at radius 3 is 1.86 bits per heavy atom. The monoisotopic (exact) mass is 239 g/mol. The molecule has 0 aromatic heterocycles. The summed E-state index contributed by atoms with van der Waals surface area (Å²) in [5.74, 6) is -2.39. The molecule has 0 aromatic rings. The molecule has 1 N–H and O–H groups in total. The molecule has 0 saturated carbocycles. The number of aliphatic hydroxyl groups excluding tert-OH is 1. The summed E-state index contributed by atoms with van der Waals surface area (Å²) in [6.45, 7) is 0. The Balaban J connectivity index is 0. The number of hydrogen-bond donors (Lipinski definition) is 1. The van der Waals surface area contributed by atoms with Gasteiger partial charge in [-0.2, -0.15) is 18.4 Å². The topological polar surface area (TPSA) is 78.2 Å². The van der Waals surface area contributed by atoms with Crippen LogP contribution in [0.5, 0.6) is 0 Å². The molecule has 0 heterocycles. The maximum absolute atomic E-state index is 11.7. The van der Waals surface area contributed by atoms with Crippen molar-refractivity contribution in [2.24, 2.45) is 0 Å². The predicted molar refractivity (Wildman–Crippen MR) is 43.3 cm³/mol. The van der Waals surface area contributed by atoms with E-state index >= 15 is 0 Å². The fourth-order valence-corrected chi connectivity index (χ4v) is 1.07. The van der Waals surface area contributed by atoms with Gasteiger partial charge in [-0.3, -0.25) is 0 Å². The molecule has 4 nitrogen and oxygen atoms in total. The Morgan fingerprint density at radius 1 is 1.43 bits per heavy atom. The van der Waals surface area contributed by atoms with E-state index in [1.54, 1.807) is 0 Å². The van der Waals surface area contributed by atoms with Crippen LogP contribution in [0.4, 0.5) is 13.2 Å². The zero-order chi connectivity index (χ0) is 10.9. The van der Waals surface area contributed by atoms with Crippen molar-refractivity contribution >= 4 is 39.4 Å². The SMILES string of the molecule is CS(=O)(=O)C(C#N)=C(O)C(F)(F)F.[NaH]. The van der Waals surface area contributed by atoms with Gasteiger partial charge >= 0.3 is 35.7 Å². The van der Waals surface area contributed by atoms with Gasteiger partial charge in [0.25, 0.3) is 0 Å². The average Bonchev–Trinajstić information content (AvgIpc) is 1.83. The first-order valence-electron chi connectivity index (χ1n) is 2.71. The van der Waals surface area contributed by atoms with Gasteiger partial charge in [-0.1, -0.05) is 0 Å². The molecule has 0 aliphatic rings. The predicted octanol–water partition coefficient (Wildman–Crippen LogP) is 0.238. The third-order valence-electron chi connectivity index (χ3n) is 0.956. The molecule has 0 saturated heterocycles. The number of hydrogen-bond acceptors (Lipinski definition) is 4. The van der Waals surface area contributed by atoms with Crippen LogP contribution in [-0.4, -0.2) is 55.5 Å². The molecule has 0 aliphatic carbocycles. The summed E-state index contributed by atoms with van der Waals surface area (Å²) in [6.07, 6.45) is -4.83. The van der Waals surface area contributed by atoms with Crippen molar-refractivity contribution in [1.29, 1.82) is 5.26 Å². The van der Waals surface area contributed by atoms with Crippen molar-refractivity contribution < 1.29 is 26.7 Å². The second-order valence-electron chi connectivity index (χ2n) is 2.06. The van der Waals surface area contributed by atoms with Crippen LogP contribution in [0.15, 0.2) is 10.7 Å². The summed E-state index contributed by atoms with van der Waals surface area (Å²) in [5, 5.41) is 16.4. The number of halogens is 3. The third kappa shape index (κ3) is 4.32. The first-order chi connectivity index (χ1) is 5.60. The maximum atomic E-state index is 11.7. The number of alkyl halides is 3. The number of aliphatic hydroxyl groups is 1. The van der Waals surface area contributed by atoms with Crippen LogP contribution in [-0.2, 0) is 9.84 Å². The van der Waals surface area contributed by atoms with E-state index in [2.05, 4.69) is 0 Å². The van der Waals surface area contributed by atoms with E-state index in [-0.39, 0.29) is 29.6 Å². The fourth-order valence-electron chi connectivity index (χ4n) is 0.440. The summed E-state index contributed by atoms with van der Waals surface area (Å²) in [4.78, 5) is -1.68. The molecule has 0 aromatic carbocycles. The fraction of sp³-hybridized carbons (Fsp3) is 0.400. The summed E-state index contributed by atoms with van der Waals surface area (Å²) >= 11 is 0. The standard InChI is InChI=1S/C5H4F3NO3S.Na.H/c1-13(11,12)3(2-9)4(10)5(6,7)8;;/h10H,1H3;;. The number of rotatable bonds is 1. The van der Waals surface area contributed by atoms with Crippen LogP contribution in [0.1, 0.15) is 0 Å². The van der Waals surface area contributed by atoms with Crippen LogP contribution >= 0.6 is 0 Å². The van der Waals surface area contributed by atoms with Crippen LogP contribution in [0, 0.1) is 11.3 Å². The van der Waals surface area contributed by atoms with Crippen molar-refractivity contribution in [1.82, 2.24) is 0 Å². The molecule has 0 bridgehead atoms. The van der Waals surface area contributed by atoms with E-state index in [4.69, 9.17) is 10.4 Å². The van der Waals surface area contributed by atoms with E-state index < -0.39 is 26.7 Å². The Hall–Kier alpha value is -0.230. The van der Waals surface area contributed by atoms with Gasteiger partial charge < -0.3 is 5.11 Å². The van der Waals surface area contributed by atoms with Crippen molar-refractivity contribution in [3.63, 3.8) is 0 Å². The third-order valence-corrected chi connectivity index (χ3v) is 1.98. The molecule has 0 radical (unpaired) electrons. The number of nitrogens with zero attached hydrogens (tertiary/aromatic N) is 1. The summed E-state index contributed by atoms with van der Waals surface area (Å²) in [6, 6.07) is 0.770. The van der Waals surface area contributed by atoms with Gasteiger partial charge in [0.2, 0.25) is 5.76 Å². The zero-order valence-corrected chi connectivity index (χ0v) is 7.07. The molecular weight excluding hydrogens is 234 g/mol. The van der Waals surface area contributed by atoms with Crippen LogP contribution in [0.2, 0.25) is 0 Å². The normalized spacial score (nSPS) is 13.6. The van der Waals surface area contributed by atoms with Gasteiger partial charge in [-0.25, -0.2) is 8.42 Å². The van der Waals surface area contributed by atoms with Gasteiger partial charge in [0.15, 0.2) is 14.7 Å². The first kappa shape index (κ1) is 16.2. The quantitative estimate of drug-likeness (QED) is 0.404. The summed E-state index contributed by atoms with van der Waals surface area (Å²) in [5.41, 5.74) is 0. The average molecular weight is 239 g/mol. The van der Waals surface area contributed by atoms with Crippen LogP contribution in [0.3, 0.4) is 0 Å². The molecule has 0 aliphatic heterocycles. The van der Waals surface area contributed by atoms with E-state index in [1.165, 1.54) is 0 Å². The van der Waals surface area contributed by atoms with Gasteiger partial charge in [0.1, 0.15) is 6.07 Å². The van der Waals surface area contributed by atoms with E-state index in [9.17, 15) is 21.6 Å².